The molecule has 1 N–H and O–H groups in total. The number of anilines is 1. The Morgan fingerprint density at radius 2 is 1.55 bits per heavy atom. The van der Waals surface area contributed by atoms with Gasteiger partial charge in [0.05, 0.1) is 23.4 Å². The first-order valence-electron chi connectivity index (χ1n) is 11.6. The fraction of sp³-hybridized carbons (Fsp3) is 0.185. The zero-order valence-corrected chi connectivity index (χ0v) is 20.2. The predicted octanol–water partition coefficient (Wildman–Crippen LogP) is 4.19. The molecule has 0 aliphatic rings. The van der Waals surface area contributed by atoms with E-state index in [4.69, 9.17) is 0 Å². The zero-order chi connectivity index (χ0) is 27.4. The molecule has 0 aliphatic heterocycles. The number of carboxylic acids is 1. The summed E-state index contributed by atoms with van der Waals surface area (Å²) < 4.78 is 40.9. The minimum atomic E-state index is -4.52. The molecule has 0 amide bonds. The fourth-order valence-electron chi connectivity index (χ4n) is 3.92. The molecule has 0 spiro atoms. The number of benzene rings is 3. The number of aromatic carboxylic acids is 1. The lowest BCUT2D eigenvalue weighted by atomic mass is 10.1. The van der Waals surface area contributed by atoms with Crippen LogP contribution in [0.3, 0.4) is 0 Å². The smallest absolute Gasteiger partial charge is 0.416 e. The normalized spacial score (nSPS) is 11.4. The van der Waals surface area contributed by atoms with Crippen LogP contribution in [-0.2, 0) is 19.3 Å². The Kier molecular flexibility index (Phi) is 7.47. The van der Waals surface area contributed by atoms with Crippen molar-refractivity contribution in [2.24, 2.45) is 0 Å². The maximum Gasteiger partial charge on any atom is 0.416 e. The van der Waals surface area contributed by atoms with Crippen molar-refractivity contribution >= 4 is 11.9 Å². The van der Waals surface area contributed by atoms with Crippen molar-refractivity contribution in [2.45, 2.75) is 26.2 Å². The van der Waals surface area contributed by atoms with Gasteiger partial charge in [-0.3, -0.25) is 0 Å². The van der Waals surface area contributed by atoms with Gasteiger partial charge in [-0.05, 0) is 54.4 Å². The molecular formula is C27H23F3N4O4. The van der Waals surface area contributed by atoms with Gasteiger partial charge in [0.15, 0.2) is 0 Å². The maximum atomic E-state index is 13.7. The van der Waals surface area contributed by atoms with Gasteiger partial charge in [-0.2, -0.15) is 18.2 Å². The molecule has 3 aromatic carbocycles. The van der Waals surface area contributed by atoms with Gasteiger partial charge in [0, 0.05) is 13.1 Å². The summed E-state index contributed by atoms with van der Waals surface area (Å²) in [4.78, 5) is 44.0. The largest absolute Gasteiger partial charge is 0.478 e. The molecule has 8 nitrogen and oxygen atoms in total. The Morgan fingerprint density at radius 1 is 0.921 bits per heavy atom. The maximum absolute atomic E-state index is 13.7. The molecule has 1 aromatic heterocycles. The Hall–Kier alpha value is -4.67. The van der Waals surface area contributed by atoms with Crippen LogP contribution in [0.15, 0.2) is 88.5 Å². The number of rotatable bonds is 8. The number of halogens is 3. The van der Waals surface area contributed by atoms with Gasteiger partial charge in [-0.1, -0.05) is 42.5 Å². The van der Waals surface area contributed by atoms with Crippen molar-refractivity contribution in [1.29, 1.82) is 0 Å². The Labute approximate surface area is 214 Å². The third-order valence-electron chi connectivity index (χ3n) is 5.92. The zero-order valence-electron chi connectivity index (χ0n) is 20.2. The third-order valence-corrected chi connectivity index (χ3v) is 5.92. The molecule has 0 bridgehead atoms. The van der Waals surface area contributed by atoms with E-state index < -0.39 is 29.1 Å². The van der Waals surface area contributed by atoms with Crippen LogP contribution in [0.25, 0.3) is 5.69 Å². The Morgan fingerprint density at radius 3 is 2.11 bits per heavy atom. The van der Waals surface area contributed by atoms with Crippen LogP contribution in [0.4, 0.5) is 19.1 Å². The fourth-order valence-corrected chi connectivity index (χ4v) is 3.92. The Balaban J connectivity index is 1.84. The van der Waals surface area contributed by atoms with Gasteiger partial charge in [-0.15, -0.1) is 0 Å². The lowest BCUT2D eigenvalue weighted by Crippen LogP contribution is -2.44. The van der Waals surface area contributed by atoms with Crippen LogP contribution >= 0.6 is 0 Å². The molecule has 4 rings (SSSR count). The predicted molar refractivity (Wildman–Crippen MR) is 135 cm³/mol. The molecule has 38 heavy (non-hydrogen) atoms. The van der Waals surface area contributed by atoms with Crippen LogP contribution in [-0.4, -0.2) is 31.7 Å². The molecular weight excluding hydrogens is 501 g/mol. The van der Waals surface area contributed by atoms with Crippen molar-refractivity contribution in [2.75, 3.05) is 11.4 Å². The summed E-state index contributed by atoms with van der Waals surface area (Å²) in [6.45, 7) is 2.25. The number of hydrogen-bond donors (Lipinski definition) is 1. The summed E-state index contributed by atoms with van der Waals surface area (Å²) in [7, 11) is 0. The molecule has 11 heteroatoms. The van der Waals surface area contributed by atoms with Crippen molar-refractivity contribution in [3.8, 4) is 5.69 Å². The lowest BCUT2D eigenvalue weighted by Gasteiger charge is -2.25. The summed E-state index contributed by atoms with van der Waals surface area (Å²) in [5.41, 5.74) is -0.996. The topological polar surface area (TPSA) is 97.4 Å². The third kappa shape index (κ3) is 5.66. The summed E-state index contributed by atoms with van der Waals surface area (Å²) in [5.74, 6) is -1.09. The van der Waals surface area contributed by atoms with Crippen LogP contribution in [0.1, 0.15) is 34.0 Å². The highest BCUT2D eigenvalue weighted by atomic mass is 19.4. The van der Waals surface area contributed by atoms with Gasteiger partial charge in [0.2, 0.25) is 5.95 Å². The van der Waals surface area contributed by atoms with Gasteiger partial charge in [-0.25, -0.2) is 23.5 Å². The van der Waals surface area contributed by atoms with E-state index in [0.29, 0.717) is 18.7 Å². The molecule has 196 valence electrons. The number of aromatic nitrogens is 3. The minimum Gasteiger partial charge on any atom is -0.478 e. The monoisotopic (exact) mass is 524 g/mol. The van der Waals surface area contributed by atoms with Crippen LogP contribution in [0, 0.1) is 0 Å². The minimum absolute atomic E-state index is 0.00557. The standard InChI is InChI=1S/C27H23F3N4O4/c1-2-32(16-18-6-4-3-5-7-18)24-31-25(37)33(17-19-8-12-21(13-9-19)27(28,29)30)26(38)34(24)22-14-10-20(11-15-22)23(35)36/h3-15H,2,16-17H2,1H3,(H,35,36). The lowest BCUT2D eigenvalue weighted by molar-refractivity contribution is -0.137. The molecule has 0 unspecified atom stereocenters. The second-order valence-electron chi connectivity index (χ2n) is 8.44. The van der Waals surface area contributed by atoms with Crippen LogP contribution in [0.5, 0.6) is 0 Å². The first kappa shape index (κ1) is 26.4. The highest BCUT2D eigenvalue weighted by Crippen LogP contribution is 2.29. The number of alkyl halides is 3. The average Bonchev–Trinajstić information content (AvgIpc) is 2.90. The van der Waals surface area contributed by atoms with Crippen molar-refractivity contribution in [3.05, 3.63) is 122 Å². The average molecular weight is 524 g/mol. The van der Waals surface area contributed by atoms with E-state index in [1.165, 1.54) is 41.0 Å². The molecule has 4 aromatic rings. The summed E-state index contributed by atoms with van der Waals surface area (Å²) >= 11 is 0. The van der Waals surface area contributed by atoms with Gasteiger partial charge >= 0.3 is 23.5 Å². The van der Waals surface area contributed by atoms with E-state index in [2.05, 4.69) is 4.98 Å². The number of carboxylic acid groups (broad SMARTS) is 1. The summed E-state index contributed by atoms with van der Waals surface area (Å²) in [5, 5.41) is 9.26. The number of carbonyl (C=O) groups is 1. The van der Waals surface area contributed by atoms with Crippen LogP contribution in [0.2, 0.25) is 0 Å². The highest BCUT2D eigenvalue weighted by Gasteiger charge is 2.30. The Bertz CT molecular complexity index is 1550. The van der Waals surface area contributed by atoms with Crippen LogP contribution < -0.4 is 16.3 Å². The highest BCUT2D eigenvalue weighted by molar-refractivity contribution is 5.87. The van der Waals surface area contributed by atoms with E-state index in [1.807, 2.05) is 37.3 Å². The SMILES string of the molecule is CCN(Cc1ccccc1)c1nc(=O)n(Cc2ccc(C(F)(F)F)cc2)c(=O)n1-c1ccc(C(=O)O)cc1. The molecule has 0 saturated heterocycles. The van der Waals surface area contributed by atoms with Crippen molar-refractivity contribution in [3.63, 3.8) is 0 Å². The van der Waals surface area contributed by atoms with Gasteiger partial charge < -0.3 is 10.0 Å². The second-order valence-corrected chi connectivity index (χ2v) is 8.44. The first-order valence-corrected chi connectivity index (χ1v) is 11.6. The molecule has 0 fully saturated rings. The quantitative estimate of drug-likeness (QED) is 0.371. The summed E-state index contributed by atoms with van der Waals surface area (Å²) in [6.07, 6.45) is -4.52. The first-order chi connectivity index (χ1) is 18.1. The van der Waals surface area contributed by atoms with Gasteiger partial charge in [0.25, 0.3) is 0 Å². The molecule has 0 aliphatic carbocycles. The molecule has 0 radical (unpaired) electrons. The van der Waals surface area contributed by atoms with Crippen molar-refractivity contribution < 1.29 is 23.1 Å². The van der Waals surface area contributed by atoms with E-state index in [0.717, 1.165) is 22.3 Å². The van der Waals surface area contributed by atoms with E-state index in [-0.39, 0.29) is 23.7 Å². The van der Waals surface area contributed by atoms with Crippen molar-refractivity contribution in [1.82, 2.24) is 14.1 Å². The second kappa shape index (κ2) is 10.8. The van der Waals surface area contributed by atoms with Gasteiger partial charge in [0.1, 0.15) is 0 Å². The summed E-state index contributed by atoms with van der Waals surface area (Å²) in [6, 6.07) is 19.0. The molecule has 0 saturated carbocycles. The van der Waals surface area contributed by atoms with E-state index in [9.17, 15) is 32.7 Å². The van der Waals surface area contributed by atoms with E-state index >= 15 is 0 Å². The van der Waals surface area contributed by atoms with E-state index in [1.54, 1.807) is 4.90 Å². The number of nitrogens with zero attached hydrogens (tertiary/aromatic N) is 4. The molecule has 0 atom stereocenters. The number of hydrogen-bond acceptors (Lipinski definition) is 5. The molecule has 1 heterocycles.